The Balaban J connectivity index is 1.84. The first-order valence-electron chi connectivity index (χ1n) is 8.98. The van der Waals surface area contributed by atoms with Crippen LogP contribution in [-0.2, 0) is 14.8 Å². The second-order valence-electron chi connectivity index (χ2n) is 6.70. The molecule has 9 heteroatoms. The molecule has 0 amide bonds. The van der Waals surface area contributed by atoms with Gasteiger partial charge >= 0.3 is 0 Å². The van der Waals surface area contributed by atoms with E-state index >= 15 is 0 Å². The molecule has 0 aromatic carbocycles. The summed E-state index contributed by atoms with van der Waals surface area (Å²) >= 11 is 1.49. The molecule has 0 radical (unpaired) electrons. The number of hydrogen-bond acceptors (Lipinski definition) is 5. The minimum Gasteiger partial charge on any atom is -0.373 e. The van der Waals surface area contributed by atoms with Crippen LogP contribution in [0.2, 0.25) is 0 Å². The van der Waals surface area contributed by atoms with Crippen molar-refractivity contribution >= 4 is 27.3 Å². The molecular formula is C17H30N4O3S2. The molecule has 1 unspecified atom stereocenters. The van der Waals surface area contributed by atoms with Gasteiger partial charge in [-0.25, -0.2) is 13.1 Å². The van der Waals surface area contributed by atoms with Gasteiger partial charge in [0.1, 0.15) is 0 Å². The topological polar surface area (TPSA) is 91.8 Å². The maximum absolute atomic E-state index is 12.4. The Kier molecular flexibility index (Phi) is 7.45. The molecule has 2 rings (SSSR count). The van der Waals surface area contributed by atoms with E-state index in [9.17, 15) is 8.42 Å². The zero-order valence-electron chi connectivity index (χ0n) is 16.0. The van der Waals surface area contributed by atoms with Gasteiger partial charge in [0.15, 0.2) is 5.96 Å². The fourth-order valence-corrected chi connectivity index (χ4v) is 5.45. The molecule has 1 saturated heterocycles. The Morgan fingerprint density at radius 2 is 2.12 bits per heavy atom. The monoisotopic (exact) mass is 402 g/mol. The highest BCUT2D eigenvalue weighted by atomic mass is 32.2. The molecule has 3 N–H and O–H groups in total. The van der Waals surface area contributed by atoms with Crippen molar-refractivity contribution in [1.29, 1.82) is 0 Å². The van der Waals surface area contributed by atoms with Crippen LogP contribution in [0.15, 0.2) is 16.0 Å². The summed E-state index contributed by atoms with van der Waals surface area (Å²) in [6.45, 7) is 10.7. The average Bonchev–Trinajstić information content (AvgIpc) is 3.15. The van der Waals surface area contributed by atoms with Gasteiger partial charge in [0.05, 0.1) is 17.0 Å². The van der Waals surface area contributed by atoms with Crippen molar-refractivity contribution < 1.29 is 13.2 Å². The number of ether oxygens (including phenoxy) is 1. The third-order valence-electron chi connectivity index (χ3n) is 4.21. The fraction of sp³-hybridized carbons (Fsp3) is 0.706. The van der Waals surface area contributed by atoms with Gasteiger partial charge < -0.3 is 15.4 Å². The van der Waals surface area contributed by atoms with Crippen molar-refractivity contribution in [3.63, 3.8) is 0 Å². The van der Waals surface area contributed by atoms with Crippen molar-refractivity contribution in [3.05, 3.63) is 15.8 Å². The quantitative estimate of drug-likeness (QED) is 0.350. The summed E-state index contributed by atoms with van der Waals surface area (Å²) in [5.74, 6) is 0.672. The lowest BCUT2D eigenvalue weighted by Crippen LogP contribution is -2.42. The summed E-state index contributed by atoms with van der Waals surface area (Å²) in [6, 6.07) is 1.71. The minimum absolute atomic E-state index is 0.196. The van der Waals surface area contributed by atoms with Crippen LogP contribution in [0.25, 0.3) is 0 Å². The smallest absolute Gasteiger partial charge is 0.241 e. The summed E-state index contributed by atoms with van der Waals surface area (Å²) in [5, 5.41) is 6.34. The number of rotatable bonds is 8. The highest BCUT2D eigenvalue weighted by Gasteiger charge is 2.29. The first-order chi connectivity index (χ1) is 12.3. The molecule has 148 valence electrons. The molecule has 0 bridgehead atoms. The number of nitrogens with zero attached hydrogens (tertiary/aromatic N) is 1. The van der Waals surface area contributed by atoms with Crippen LogP contribution in [-0.4, -0.2) is 52.8 Å². The van der Waals surface area contributed by atoms with E-state index < -0.39 is 10.0 Å². The van der Waals surface area contributed by atoms with Crippen LogP contribution in [0.5, 0.6) is 0 Å². The van der Waals surface area contributed by atoms with Gasteiger partial charge in [0.2, 0.25) is 10.0 Å². The third-order valence-corrected chi connectivity index (χ3v) is 6.89. The van der Waals surface area contributed by atoms with Crippen molar-refractivity contribution in [1.82, 2.24) is 15.4 Å². The molecular weight excluding hydrogens is 372 g/mol. The van der Waals surface area contributed by atoms with Crippen molar-refractivity contribution in [2.75, 3.05) is 32.8 Å². The maximum Gasteiger partial charge on any atom is 0.241 e. The molecule has 1 fully saturated rings. The number of hydrogen-bond donors (Lipinski definition) is 3. The molecule has 7 nitrogen and oxygen atoms in total. The predicted octanol–water partition coefficient (Wildman–Crippen LogP) is 1.77. The van der Waals surface area contributed by atoms with Crippen molar-refractivity contribution in [3.8, 4) is 0 Å². The Hall–Kier alpha value is -1.16. The van der Waals surface area contributed by atoms with Crippen molar-refractivity contribution in [2.24, 2.45) is 4.99 Å². The number of nitrogens with one attached hydrogen (secondary N) is 3. The number of sulfonamides is 1. The van der Waals surface area contributed by atoms with Crippen LogP contribution in [0.4, 0.5) is 0 Å². The fourth-order valence-electron chi connectivity index (χ4n) is 2.87. The summed E-state index contributed by atoms with van der Waals surface area (Å²) in [7, 11) is -3.48. The molecule has 2 heterocycles. The largest absolute Gasteiger partial charge is 0.373 e. The van der Waals surface area contributed by atoms with Crippen LogP contribution in [0.3, 0.4) is 0 Å². The zero-order chi connectivity index (χ0) is 19.2. The lowest BCUT2D eigenvalue weighted by atomic mass is 10.0. The molecule has 26 heavy (non-hydrogen) atoms. The van der Waals surface area contributed by atoms with Crippen LogP contribution >= 0.6 is 11.3 Å². The standard InChI is InChI=1S/C17H30N4O3S2/c1-5-18-16(20-12-17(4)7-6-10-24-17)19-8-9-21-26(22,23)15-11-13(2)25-14(15)3/h11,21H,5-10,12H2,1-4H3,(H2,18,19,20). The Labute approximate surface area is 160 Å². The Morgan fingerprint density at radius 3 is 2.69 bits per heavy atom. The number of thiophene rings is 1. The van der Waals surface area contributed by atoms with E-state index in [0.717, 1.165) is 35.7 Å². The molecule has 1 aromatic heterocycles. The Bertz CT molecular complexity index is 722. The van der Waals surface area contributed by atoms with Gasteiger partial charge in [-0.3, -0.25) is 4.99 Å². The number of guanidine groups is 1. The second kappa shape index (κ2) is 9.16. The Morgan fingerprint density at radius 1 is 1.35 bits per heavy atom. The van der Waals surface area contributed by atoms with E-state index in [2.05, 4.69) is 27.3 Å². The van der Waals surface area contributed by atoms with Gasteiger partial charge in [0, 0.05) is 36.0 Å². The van der Waals surface area contributed by atoms with Gasteiger partial charge in [-0.15, -0.1) is 11.3 Å². The lowest BCUT2D eigenvalue weighted by Gasteiger charge is -2.21. The lowest BCUT2D eigenvalue weighted by molar-refractivity contribution is 0.0283. The van der Waals surface area contributed by atoms with Crippen LogP contribution in [0, 0.1) is 13.8 Å². The first kappa shape index (κ1) is 21.1. The third kappa shape index (κ3) is 5.94. The summed E-state index contributed by atoms with van der Waals surface area (Å²) in [6.07, 6.45) is 2.08. The highest BCUT2D eigenvalue weighted by molar-refractivity contribution is 7.89. The van der Waals surface area contributed by atoms with Crippen LogP contribution in [0.1, 0.15) is 36.4 Å². The maximum atomic E-state index is 12.4. The zero-order valence-corrected chi connectivity index (χ0v) is 17.6. The first-order valence-corrected chi connectivity index (χ1v) is 11.3. The van der Waals surface area contributed by atoms with E-state index in [1.807, 2.05) is 20.8 Å². The highest BCUT2D eigenvalue weighted by Crippen LogP contribution is 2.25. The normalized spacial score (nSPS) is 21.2. The van der Waals surface area contributed by atoms with Gasteiger partial charge in [-0.2, -0.15) is 0 Å². The minimum atomic E-state index is -3.48. The van der Waals surface area contributed by atoms with Crippen molar-refractivity contribution in [2.45, 2.75) is 51.0 Å². The summed E-state index contributed by atoms with van der Waals surface area (Å²) in [4.78, 5) is 6.74. The molecule has 0 aliphatic carbocycles. The molecule has 1 aliphatic rings. The summed E-state index contributed by atoms with van der Waals surface area (Å²) in [5.41, 5.74) is -0.196. The second-order valence-corrected chi connectivity index (χ2v) is 9.89. The molecule has 0 spiro atoms. The molecule has 1 aliphatic heterocycles. The van der Waals surface area contributed by atoms with E-state index in [1.165, 1.54) is 11.3 Å². The van der Waals surface area contributed by atoms with E-state index in [4.69, 9.17) is 4.74 Å². The van der Waals surface area contributed by atoms with E-state index in [1.54, 1.807) is 6.07 Å². The molecule has 1 atom stereocenters. The van der Waals surface area contributed by atoms with Gasteiger partial charge in [0.25, 0.3) is 0 Å². The van der Waals surface area contributed by atoms with E-state index in [-0.39, 0.29) is 12.1 Å². The molecule has 0 saturated carbocycles. The number of aryl methyl sites for hydroxylation is 2. The predicted molar refractivity (Wildman–Crippen MR) is 107 cm³/mol. The van der Waals surface area contributed by atoms with Crippen LogP contribution < -0.4 is 15.4 Å². The number of aliphatic imine (C=N–C) groups is 1. The molecule has 1 aromatic rings. The summed E-state index contributed by atoms with van der Waals surface area (Å²) < 4.78 is 33.2. The SMILES string of the molecule is CCNC(=NCC1(C)CCCO1)NCCNS(=O)(=O)c1cc(C)sc1C. The van der Waals surface area contributed by atoms with Gasteiger partial charge in [-0.05, 0) is 46.6 Å². The van der Waals surface area contributed by atoms with Gasteiger partial charge in [-0.1, -0.05) is 0 Å². The van der Waals surface area contributed by atoms with E-state index in [0.29, 0.717) is 23.9 Å². The average molecular weight is 403 g/mol.